The third-order valence-corrected chi connectivity index (χ3v) is 3.05. The number of nitrogens with zero attached hydrogens (tertiary/aromatic N) is 1. The topological polar surface area (TPSA) is 48.1 Å². The van der Waals surface area contributed by atoms with Gasteiger partial charge in [-0.1, -0.05) is 29.8 Å². The van der Waals surface area contributed by atoms with E-state index in [4.69, 9.17) is 22.1 Å². The van der Waals surface area contributed by atoms with E-state index in [-0.39, 0.29) is 0 Å². The van der Waals surface area contributed by atoms with E-state index in [2.05, 4.69) is 4.98 Å². The molecule has 0 aliphatic carbocycles. The Morgan fingerprint density at radius 1 is 1.05 bits per heavy atom. The highest BCUT2D eigenvalue weighted by molar-refractivity contribution is 6.30. The first-order chi connectivity index (χ1) is 9.24. The fourth-order valence-electron chi connectivity index (χ4n) is 1.87. The SMILES string of the molecule is Nc1ccc(Cl)cc1Oc1nccc2ccccc12. The second-order valence-corrected chi connectivity index (χ2v) is 4.56. The minimum Gasteiger partial charge on any atom is -0.436 e. The lowest BCUT2D eigenvalue weighted by molar-refractivity contribution is 0.471. The summed E-state index contributed by atoms with van der Waals surface area (Å²) in [6.07, 6.45) is 1.71. The van der Waals surface area contributed by atoms with E-state index in [0.29, 0.717) is 22.3 Å². The number of hydrogen-bond donors (Lipinski definition) is 1. The molecule has 0 radical (unpaired) electrons. The maximum absolute atomic E-state index is 5.95. The zero-order valence-corrected chi connectivity index (χ0v) is 10.8. The highest BCUT2D eigenvalue weighted by atomic mass is 35.5. The van der Waals surface area contributed by atoms with Crippen LogP contribution < -0.4 is 10.5 Å². The van der Waals surface area contributed by atoms with E-state index in [1.807, 2.05) is 30.3 Å². The van der Waals surface area contributed by atoms with Crippen LogP contribution in [0.3, 0.4) is 0 Å². The van der Waals surface area contributed by atoms with Crippen molar-refractivity contribution >= 4 is 28.1 Å². The molecule has 0 fully saturated rings. The summed E-state index contributed by atoms with van der Waals surface area (Å²) in [5, 5.41) is 2.57. The predicted octanol–water partition coefficient (Wildman–Crippen LogP) is 4.26. The van der Waals surface area contributed by atoms with Crippen LogP contribution in [-0.4, -0.2) is 4.98 Å². The molecule has 19 heavy (non-hydrogen) atoms. The lowest BCUT2D eigenvalue weighted by Gasteiger charge is -2.10. The molecule has 0 saturated heterocycles. The number of rotatable bonds is 2. The van der Waals surface area contributed by atoms with Gasteiger partial charge in [-0.25, -0.2) is 4.98 Å². The number of pyridine rings is 1. The maximum atomic E-state index is 5.95. The Hall–Kier alpha value is -2.26. The van der Waals surface area contributed by atoms with Gasteiger partial charge >= 0.3 is 0 Å². The first-order valence-electron chi connectivity index (χ1n) is 5.81. The van der Waals surface area contributed by atoms with Gasteiger partial charge in [0, 0.05) is 22.7 Å². The van der Waals surface area contributed by atoms with Crippen molar-refractivity contribution in [3.63, 3.8) is 0 Å². The van der Waals surface area contributed by atoms with Crippen LogP contribution in [0.25, 0.3) is 10.8 Å². The predicted molar refractivity (Wildman–Crippen MR) is 77.7 cm³/mol. The molecule has 0 unspecified atom stereocenters. The normalized spacial score (nSPS) is 10.6. The Bertz CT molecular complexity index is 738. The van der Waals surface area contributed by atoms with E-state index in [1.165, 1.54) is 0 Å². The van der Waals surface area contributed by atoms with Gasteiger partial charge in [-0.15, -0.1) is 0 Å². The molecule has 94 valence electrons. The first kappa shape index (κ1) is 11.8. The summed E-state index contributed by atoms with van der Waals surface area (Å²) in [7, 11) is 0. The third-order valence-electron chi connectivity index (χ3n) is 2.82. The van der Waals surface area contributed by atoms with Gasteiger partial charge in [0.15, 0.2) is 5.75 Å². The van der Waals surface area contributed by atoms with Gasteiger partial charge in [0.25, 0.3) is 0 Å². The summed E-state index contributed by atoms with van der Waals surface area (Å²) in [5.41, 5.74) is 6.40. The minimum absolute atomic E-state index is 0.511. The molecule has 3 rings (SSSR count). The number of aromatic nitrogens is 1. The van der Waals surface area contributed by atoms with Crippen LogP contribution in [0.5, 0.6) is 11.6 Å². The summed E-state index contributed by atoms with van der Waals surface area (Å²) < 4.78 is 5.78. The Labute approximate surface area is 115 Å². The number of nitrogen functional groups attached to an aromatic ring is 1. The lowest BCUT2D eigenvalue weighted by atomic mass is 10.2. The van der Waals surface area contributed by atoms with E-state index < -0.39 is 0 Å². The summed E-state index contributed by atoms with van der Waals surface area (Å²) in [4.78, 5) is 4.25. The standard InChI is InChI=1S/C15H11ClN2O/c16-11-5-6-13(17)14(9-11)19-15-12-4-2-1-3-10(12)7-8-18-15/h1-9H,17H2. The zero-order valence-electron chi connectivity index (χ0n) is 10.0. The molecule has 3 nitrogen and oxygen atoms in total. The molecule has 2 N–H and O–H groups in total. The minimum atomic E-state index is 0.511. The van der Waals surface area contributed by atoms with Crippen LogP contribution >= 0.6 is 11.6 Å². The molecule has 0 amide bonds. The lowest BCUT2D eigenvalue weighted by Crippen LogP contribution is -1.94. The Morgan fingerprint density at radius 2 is 1.89 bits per heavy atom. The van der Waals surface area contributed by atoms with Crippen molar-refractivity contribution in [2.75, 3.05) is 5.73 Å². The number of hydrogen-bond acceptors (Lipinski definition) is 3. The van der Waals surface area contributed by atoms with Gasteiger partial charge < -0.3 is 10.5 Å². The highest BCUT2D eigenvalue weighted by Gasteiger charge is 2.07. The quantitative estimate of drug-likeness (QED) is 0.708. The number of ether oxygens (including phenoxy) is 1. The summed E-state index contributed by atoms with van der Waals surface area (Å²) in [6, 6.07) is 14.9. The van der Waals surface area contributed by atoms with E-state index in [9.17, 15) is 0 Å². The summed E-state index contributed by atoms with van der Waals surface area (Å²) in [6.45, 7) is 0. The van der Waals surface area contributed by atoms with Crippen LogP contribution in [0.2, 0.25) is 5.02 Å². The Balaban J connectivity index is 2.08. The van der Waals surface area contributed by atoms with Crippen molar-refractivity contribution in [3.05, 3.63) is 59.8 Å². The summed E-state index contributed by atoms with van der Waals surface area (Å²) >= 11 is 5.95. The molecule has 0 aliphatic heterocycles. The summed E-state index contributed by atoms with van der Waals surface area (Å²) in [5.74, 6) is 1.03. The fourth-order valence-corrected chi connectivity index (χ4v) is 2.04. The molecular formula is C15H11ClN2O. The van der Waals surface area contributed by atoms with Gasteiger partial charge in [-0.3, -0.25) is 0 Å². The van der Waals surface area contributed by atoms with Crippen LogP contribution in [0.15, 0.2) is 54.7 Å². The molecule has 3 aromatic rings. The number of benzene rings is 2. The van der Waals surface area contributed by atoms with Crippen LogP contribution in [0.4, 0.5) is 5.69 Å². The Morgan fingerprint density at radius 3 is 2.79 bits per heavy atom. The maximum Gasteiger partial charge on any atom is 0.227 e. The van der Waals surface area contributed by atoms with E-state index in [0.717, 1.165) is 10.8 Å². The molecule has 0 bridgehead atoms. The third kappa shape index (κ3) is 2.33. The second-order valence-electron chi connectivity index (χ2n) is 4.12. The van der Waals surface area contributed by atoms with Crippen LogP contribution in [0, 0.1) is 0 Å². The molecular weight excluding hydrogens is 260 g/mol. The van der Waals surface area contributed by atoms with E-state index >= 15 is 0 Å². The number of nitrogens with two attached hydrogens (primary N) is 1. The first-order valence-corrected chi connectivity index (χ1v) is 6.18. The van der Waals surface area contributed by atoms with E-state index in [1.54, 1.807) is 24.4 Å². The fraction of sp³-hybridized carbons (Fsp3) is 0. The molecule has 0 saturated carbocycles. The average molecular weight is 271 g/mol. The van der Waals surface area contributed by atoms with Gasteiger partial charge in [0.1, 0.15) is 0 Å². The molecule has 0 spiro atoms. The number of fused-ring (bicyclic) bond motifs is 1. The van der Waals surface area contributed by atoms with Gasteiger partial charge in [0.05, 0.1) is 5.69 Å². The molecule has 0 atom stereocenters. The smallest absolute Gasteiger partial charge is 0.227 e. The molecule has 2 aromatic carbocycles. The van der Waals surface area contributed by atoms with Gasteiger partial charge in [-0.2, -0.15) is 0 Å². The largest absolute Gasteiger partial charge is 0.436 e. The van der Waals surface area contributed by atoms with Gasteiger partial charge in [-0.05, 0) is 29.7 Å². The molecule has 0 aliphatic rings. The highest BCUT2D eigenvalue weighted by Crippen LogP contribution is 2.32. The van der Waals surface area contributed by atoms with Crippen molar-refractivity contribution in [2.24, 2.45) is 0 Å². The monoisotopic (exact) mass is 270 g/mol. The van der Waals surface area contributed by atoms with Crippen molar-refractivity contribution in [2.45, 2.75) is 0 Å². The Kier molecular flexibility index (Phi) is 2.97. The molecule has 4 heteroatoms. The zero-order chi connectivity index (χ0) is 13.2. The van der Waals surface area contributed by atoms with Crippen molar-refractivity contribution in [3.8, 4) is 11.6 Å². The molecule has 1 aromatic heterocycles. The molecule has 1 heterocycles. The average Bonchev–Trinajstić information content (AvgIpc) is 2.43. The number of anilines is 1. The van der Waals surface area contributed by atoms with Crippen molar-refractivity contribution in [1.82, 2.24) is 4.98 Å². The second kappa shape index (κ2) is 4.78. The van der Waals surface area contributed by atoms with Crippen molar-refractivity contribution < 1.29 is 4.74 Å². The van der Waals surface area contributed by atoms with Crippen LogP contribution in [-0.2, 0) is 0 Å². The van der Waals surface area contributed by atoms with Crippen LogP contribution in [0.1, 0.15) is 0 Å². The van der Waals surface area contributed by atoms with Gasteiger partial charge in [0.2, 0.25) is 5.88 Å². The van der Waals surface area contributed by atoms with Crippen molar-refractivity contribution in [1.29, 1.82) is 0 Å². The number of halogens is 1.